The third-order valence-electron chi connectivity index (χ3n) is 3.30. The summed E-state index contributed by atoms with van der Waals surface area (Å²) in [6.45, 7) is 1.84. The van der Waals surface area contributed by atoms with E-state index in [1.807, 2.05) is 0 Å². The van der Waals surface area contributed by atoms with Crippen LogP contribution in [0.2, 0.25) is 0 Å². The minimum atomic E-state index is -0.249. The van der Waals surface area contributed by atoms with Gasteiger partial charge in [0.05, 0.1) is 19.3 Å². The van der Waals surface area contributed by atoms with Crippen molar-refractivity contribution in [1.82, 2.24) is 4.90 Å². The zero-order valence-corrected chi connectivity index (χ0v) is 10.8. The van der Waals surface area contributed by atoms with Crippen LogP contribution >= 0.6 is 0 Å². The number of benzene rings is 1. The first kappa shape index (κ1) is 14.0. The lowest BCUT2D eigenvalue weighted by Gasteiger charge is -2.32. The molecule has 0 aromatic heterocycles. The van der Waals surface area contributed by atoms with E-state index >= 15 is 0 Å². The summed E-state index contributed by atoms with van der Waals surface area (Å²) in [5.74, 6) is -0.281. The van der Waals surface area contributed by atoms with Crippen LogP contribution in [0.5, 0.6) is 0 Å². The van der Waals surface area contributed by atoms with Gasteiger partial charge in [0, 0.05) is 13.1 Å². The second kappa shape index (κ2) is 6.63. The topological polar surface area (TPSA) is 55.6 Å². The molecular weight excluding hydrogens is 247 g/mol. The fourth-order valence-electron chi connectivity index (χ4n) is 2.22. The molecule has 1 aliphatic heterocycles. The largest absolute Gasteiger partial charge is 0.372 e. The standard InChI is InChI=1S/C14H19FN2O2/c15-12-5-3-11(4-6-12)10-19-13-2-1-7-17(9-13)14(18)8-16/h3-6,13H,1-2,7-10,16H2. The first-order chi connectivity index (χ1) is 9.19. The molecule has 1 saturated heterocycles. The molecule has 2 N–H and O–H groups in total. The summed E-state index contributed by atoms with van der Waals surface area (Å²) in [4.78, 5) is 13.3. The van der Waals surface area contributed by atoms with Gasteiger partial charge in [0.2, 0.25) is 5.91 Å². The van der Waals surface area contributed by atoms with Crippen LogP contribution in [0.4, 0.5) is 4.39 Å². The molecule has 1 amide bonds. The maximum Gasteiger partial charge on any atom is 0.236 e. The van der Waals surface area contributed by atoms with Crippen LogP contribution in [0, 0.1) is 5.82 Å². The van der Waals surface area contributed by atoms with Gasteiger partial charge in [0.25, 0.3) is 0 Å². The molecule has 19 heavy (non-hydrogen) atoms. The monoisotopic (exact) mass is 266 g/mol. The Balaban J connectivity index is 1.82. The van der Waals surface area contributed by atoms with Gasteiger partial charge in [-0.15, -0.1) is 0 Å². The summed E-state index contributed by atoms with van der Waals surface area (Å²) >= 11 is 0. The van der Waals surface area contributed by atoms with E-state index in [1.165, 1.54) is 12.1 Å². The fourth-order valence-corrected chi connectivity index (χ4v) is 2.22. The van der Waals surface area contributed by atoms with Crippen LogP contribution in [0.1, 0.15) is 18.4 Å². The molecule has 0 bridgehead atoms. The zero-order valence-electron chi connectivity index (χ0n) is 10.8. The van der Waals surface area contributed by atoms with Crippen molar-refractivity contribution in [3.8, 4) is 0 Å². The van der Waals surface area contributed by atoms with Crippen molar-refractivity contribution in [3.05, 3.63) is 35.6 Å². The number of carbonyl (C=O) groups excluding carboxylic acids is 1. The van der Waals surface area contributed by atoms with Crippen LogP contribution in [0.15, 0.2) is 24.3 Å². The second-order valence-corrected chi connectivity index (χ2v) is 4.75. The summed E-state index contributed by atoms with van der Waals surface area (Å²) in [5.41, 5.74) is 6.29. The summed E-state index contributed by atoms with van der Waals surface area (Å²) in [5, 5.41) is 0. The van der Waals surface area contributed by atoms with Gasteiger partial charge >= 0.3 is 0 Å². The summed E-state index contributed by atoms with van der Waals surface area (Å²) < 4.78 is 18.5. The van der Waals surface area contributed by atoms with Crippen molar-refractivity contribution in [2.75, 3.05) is 19.6 Å². The van der Waals surface area contributed by atoms with Gasteiger partial charge in [-0.25, -0.2) is 4.39 Å². The second-order valence-electron chi connectivity index (χ2n) is 4.75. The number of hydrogen-bond donors (Lipinski definition) is 1. The molecule has 1 aliphatic rings. The first-order valence-corrected chi connectivity index (χ1v) is 6.53. The molecule has 1 heterocycles. The van der Waals surface area contributed by atoms with E-state index in [0.717, 1.165) is 24.9 Å². The molecule has 1 fully saturated rings. The van der Waals surface area contributed by atoms with Crippen molar-refractivity contribution in [2.24, 2.45) is 5.73 Å². The van der Waals surface area contributed by atoms with Crippen molar-refractivity contribution in [2.45, 2.75) is 25.6 Å². The third kappa shape index (κ3) is 4.01. The number of amides is 1. The van der Waals surface area contributed by atoms with E-state index in [1.54, 1.807) is 17.0 Å². The van der Waals surface area contributed by atoms with Gasteiger partial charge in [-0.2, -0.15) is 0 Å². The molecule has 0 spiro atoms. The van der Waals surface area contributed by atoms with Gasteiger partial charge in [-0.1, -0.05) is 12.1 Å². The maximum absolute atomic E-state index is 12.8. The van der Waals surface area contributed by atoms with Crippen molar-refractivity contribution < 1.29 is 13.9 Å². The highest BCUT2D eigenvalue weighted by atomic mass is 19.1. The number of carbonyl (C=O) groups is 1. The van der Waals surface area contributed by atoms with Gasteiger partial charge in [0.15, 0.2) is 0 Å². The Bertz CT molecular complexity index is 422. The van der Waals surface area contributed by atoms with E-state index in [9.17, 15) is 9.18 Å². The van der Waals surface area contributed by atoms with Gasteiger partial charge in [-0.3, -0.25) is 4.79 Å². The lowest BCUT2D eigenvalue weighted by molar-refractivity contribution is -0.134. The number of nitrogens with zero attached hydrogens (tertiary/aromatic N) is 1. The lowest BCUT2D eigenvalue weighted by Crippen LogP contribution is -2.45. The number of halogens is 1. The summed E-state index contributed by atoms with van der Waals surface area (Å²) in [7, 11) is 0. The molecule has 2 rings (SSSR count). The van der Waals surface area contributed by atoms with Crippen LogP contribution in [0.25, 0.3) is 0 Å². The Morgan fingerprint density at radius 2 is 2.16 bits per heavy atom. The molecule has 104 valence electrons. The van der Waals surface area contributed by atoms with Crippen molar-refractivity contribution in [1.29, 1.82) is 0 Å². The fraction of sp³-hybridized carbons (Fsp3) is 0.500. The molecule has 1 aromatic rings. The minimum Gasteiger partial charge on any atom is -0.372 e. The van der Waals surface area contributed by atoms with E-state index in [0.29, 0.717) is 13.2 Å². The van der Waals surface area contributed by atoms with E-state index in [4.69, 9.17) is 10.5 Å². The number of likely N-dealkylation sites (tertiary alicyclic amines) is 1. The average molecular weight is 266 g/mol. The molecule has 0 aliphatic carbocycles. The molecule has 0 saturated carbocycles. The number of piperidine rings is 1. The number of ether oxygens (including phenoxy) is 1. The predicted molar refractivity (Wildman–Crippen MR) is 69.8 cm³/mol. The Labute approximate surface area is 112 Å². The quantitative estimate of drug-likeness (QED) is 0.893. The number of rotatable bonds is 4. The Kier molecular flexibility index (Phi) is 4.87. The summed E-state index contributed by atoms with van der Waals surface area (Å²) in [6, 6.07) is 6.26. The van der Waals surface area contributed by atoms with Crippen LogP contribution in [-0.2, 0) is 16.1 Å². The zero-order chi connectivity index (χ0) is 13.7. The summed E-state index contributed by atoms with van der Waals surface area (Å²) in [6.07, 6.45) is 1.91. The van der Waals surface area contributed by atoms with Crippen molar-refractivity contribution in [3.63, 3.8) is 0 Å². The number of nitrogens with two attached hydrogens (primary N) is 1. The average Bonchev–Trinajstić information content (AvgIpc) is 2.46. The van der Waals surface area contributed by atoms with Crippen LogP contribution < -0.4 is 5.73 Å². The predicted octanol–water partition coefficient (Wildman–Crippen LogP) is 1.29. The van der Waals surface area contributed by atoms with Gasteiger partial charge < -0.3 is 15.4 Å². The lowest BCUT2D eigenvalue weighted by atomic mass is 10.1. The number of hydrogen-bond acceptors (Lipinski definition) is 3. The minimum absolute atomic E-state index is 0.0323. The van der Waals surface area contributed by atoms with E-state index in [-0.39, 0.29) is 24.4 Å². The smallest absolute Gasteiger partial charge is 0.236 e. The van der Waals surface area contributed by atoms with Crippen molar-refractivity contribution >= 4 is 5.91 Å². The van der Waals surface area contributed by atoms with Gasteiger partial charge in [0.1, 0.15) is 5.82 Å². The molecule has 5 heteroatoms. The Hall–Kier alpha value is -1.46. The molecule has 1 aromatic carbocycles. The SMILES string of the molecule is NCC(=O)N1CCCC(OCc2ccc(F)cc2)C1. The molecule has 4 nitrogen and oxygen atoms in total. The van der Waals surface area contributed by atoms with Crippen LogP contribution in [-0.4, -0.2) is 36.5 Å². The molecular formula is C14H19FN2O2. The Morgan fingerprint density at radius 1 is 1.42 bits per heavy atom. The van der Waals surface area contributed by atoms with Crippen LogP contribution in [0.3, 0.4) is 0 Å². The van der Waals surface area contributed by atoms with Gasteiger partial charge in [-0.05, 0) is 30.5 Å². The Morgan fingerprint density at radius 3 is 2.84 bits per heavy atom. The normalized spacial score (nSPS) is 19.5. The maximum atomic E-state index is 12.8. The third-order valence-corrected chi connectivity index (χ3v) is 3.30. The van der Waals surface area contributed by atoms with E-state index in [2.05, 4.69) is 0 Å². The first-order valence-electron chi connectivity index (χ1n) is 6.53. The van der Waals surface area contributed by atoms with E-state index < -0.39 is 0 Å². The molecule has 1 atom stereocenters. The highest BCUT2D eigenvalue weighted by Gasteiger charge is 2.23. The molecule has 0 radical (unpaired) electrons. The highest BCUT2D eigenvalue weighted by Crippen LogP contribution is 2.15. The molecule has 1 unspecified atom stereocenters. The highest BCUT2D eigenvalue weighted by molar-refractivity contribution is 5.78.